The Bertz CT molecular complexity index is 894. The van der Waals surface area contributed by atoms with Crippen LogP contribution >= 0.6 is 11.3 Å². The van der Waals surface area contributed by atoms with Crippen molar-refractivity contribution in [1.82, 2.24) is 0 Å². The number of rotatable bonds is 3. The fraction of sp³-hybridized carbons (Fsp3) is 0. The predicted octanol–water partition coefficient (Wildman–Crippen LogP) is 4.68. The van der Waals surface area contributed by atoms with E-state index in [-0.39, 0.29) is 11.7 Å². The maximum atomic E-state index is 13.0. The highest BCUT2D eigenvalue weighted by Crippen LogP contribution is 2.29. The second-order valence-electron chi connectivity index (χ2n) is 4.78. The Hall–Kier alpha value is -2.97. The molecule has 2 aromatic carbocycles. The third kappa shape index (κ3) is 3.28. The van der Waals surface area contributed by atoms with Crippen LogP contribution in [0.3, 0.4) is 0 Å². The molecule has 0 aliphatic heterocycles. The molecule has 0 aliphatic carbocycles. The summed E-state index contributed by atoms with van der Waals surface area (Å²) in [5, 5.41) is 11.8. The summed E-state index contributed by atoms with van der Waals surface area (Å²) in [6.07, 6.45) is 0. The molecule has 0 saturated heterocycles. The minimum Gasteiger partial charge on any atom is -0.320 e. The monoisotopic (exact) mass is 322 g/mol. The maximum absolute atomic E-state index is 13.0. The number of nitriles is 1. The van der Waals surface area contributed by atoms with E-state index in [0.717, 1.165) is 10.4 Å². The van der Waals surface area contributed by atoms with Gasteiger partial charge in [0.1, 0.15) is 11.9 Å². The van der Waals surface area contributed by atoms with Crippen LogP contribution in [0.15, 0.2) is 60.7 Å². The Balaban J connectivity index is 1.81. The molecule has 0 aliphatic rings. The van der Waals surface area contributed by atoms with Crippen LogP contribution in [-0.4, -0.2) is 5.91 Å². The van der Waals surface area contributed by atoms with Crippen molar-refractivity contribution >= 4 is 22.9 Å². The Labute approximate surface area is 136 Å². The molecule has 0 atom stereocenters. The van der Waals surface area contributed by atoms with Crippen molar-refractivity contribution in [2.75, 3.05) is 5.32 Å². The zero-order valence-electron chi connectivity index (χ0n) is 11.9. The molecule has 5 heteroatoms. The SMILES string of the molecule is N#Cc1ccccc1NC(=O)c1ccc(-c2ccc(F)cc2)s1. The third-order valence-corrected chi connectivity index (χ3v) is 4.39. The van der Waals surface area contributed by atoms with Gasteiger partial charge in [0.15, 0.2) is 0 Å². The lowest BCUT2D eigenvalue weighted by atomic mass is 10.2. The average molecular weight is 322 g/mol. The standard InChI is InChI=1S/C18H11FN2OS/c19-14-7-5-12(6-8-14)16-9-10-17(23-16)18(22)21-15-4-2-1-3-13(15)11-20/h1-10H,(H,21,22). The molecule has 3 nitrogen and oxygen atoms in total. The summed E-state index contributed by atoms with van der Waals surface area (Å²) < 4.78 is 13.0. The maximum Gasteiger partial charge on any atom is 0.265 e. The van der Waals surface area contributed by atoms with E-state index in [1.165, 1.54) is 23.5 Å². The van der Waals surface area contributed by atoms with E-state index in [1.807, 2.05) is 12.1 Å². The molecular weight excluding hydrogens is 311 g/mol. The summed E-state index contributed by atoms with van der Waals surface area (Å²) in [4.78, 5) is 13.7. The van der Waals surface area contributed by atoms with Crippen molar-refractivity contribution in [3.05, 3.63) is 76.9 Å². The fourth-order valence-corrected chi connectivity index (χ4v) is 3.01. The molecular formula is C18H11FN2OS. The topological polar surface area (TPSA) is 52.9 Å². The molecule has 3 aromatic rings. The van der Waals surface area contributed by atoms with Crippen molar-refractivity contribution in [2.45, 2.75) is 0 Å². The van der Waals surface area contributed by atoms with Gasteiger partial charge < -0.3 is 5.32 Å². The second kappa shape index (κ2) is 6.42. The molecule has 0 unspecified atom stereocenters. The zero-order valence-corrected chi connectivity index (χ0v) is 12.7. The van der Waals surface area contributed by atoms with Gasteiger partial charge in [0, 0.05) is 4.88 Å². The summed E-state index contributed by atoms with van der Waals surface area (Å²) in [6, 6.07) is 18.5. The van der Waals surface area contributed by atoms with Gasteiger partial charge in [-0.05, 0) is 42.0 Å². The van der Waals surface area contributed by atoms with E-state index in [0.29, 0.717) is 16.1 Å². The van der Waals surface area contributed by atoms with Gasteiger partial charge in [-0.15, -0.1) is 11.3 Å². The Kier molecular flexibility index (Phi) is 4.18. The van der Waals surface area contributed by atoms with E-state index in [1.54, 1.807) is 42.5 Å². The lowest BCUT2D eigenvalue weighted by molar-refractivity contribution is 0.103. The first-order valence-electron chi connectivity index (χ1n) is 6.83. The third-order valence-electron chi connectivity index (χ3n) is 3.25. The number of halogens is 1. The summed E-state index contributed by atoms with van der Waals surface area (Å²) in [7, 11) is 0. The summed E-state index contributed by atoms with van der Waals surface area (Å²) >= 11 is 1.32. The van der Waals surface area contributed by atoms with Crippen LogP contribution in [0.25, 0.3) is 10.4 Å². The lowest BCUT2D eigenvalue weighted by Crippen LogP contribution is -2.11. The van der Waals surface area contributed by atoms with Gasteiger partial charge in [0.25, 0.3) is 5.91 Å². The van der Waals surface area contributed by atoms with Gasteiger partial charge >= 0.3 is 0 Å². The van der Waals surface area contributed by atoms with Crippen LogP contribution in [0, 0.1) is 17.1 Å². The van der Waals surface area contributed by atoms with E-state index in [4.69, 9.17) is 5.26 Å². The summed E-state index contributed by atoms with van der Waals surface area (Å²) in [6.45, 7) is 0. The summed E-state index contributed by atoms with van der Waals surface area (Å²) in [5.74, 6) is -0.567. The molecule has 0 radical (unpaired) electrons. The van der Waals surface area contributed by atoms with Crippen LogP contribution < -0.4 is 5.32 Å². The zero-order chi connectivity index (χ0) is 16.2. The molecule has 1 aromatic heterocycles. The van der Waals surface area contributed by atoms with Crippen LogP contribution in [0.4, 0.5) is 10.1 Å². The Morgan fingerprint density at radius 3 is 2.52 bits per heavy atom. The Morgan fingerprint density at radius 2 is 1.78 bits per heavy atom. The number of hydrogen-bond donors (Lipinski definition) is 1. The highest BCUT2D eigenvalue weighted by atomic mass is 32.1. The van der Waals surface area contributed by atoms with Crippen LogP contribution in [-0.2, 0) is 0 Å². The average Bonchev–Trinajstić information content (AvgIpc) is 3.06. The van der Waals surface area contributed by atoms with Crippen LogP contribution in [0.2, 0.25) is 0 Å². The van der Waals surface area contributed by atoms with Crippen molar-refractivity contribution < 1.29 is 9.18 Å². The number of carbonyl (C=O) groups excluding carboxylic acids is 1. The highest BCUT2D eigenvalue weighted by Gasteiger charge is 2.12. The second-order valence-corrected chi connectivity index (χ2v) is 5.87. The minimum absolute atomic E-state index is 0.272. The predicted molar refractivity (Wildman–Crippen MR) is 88.8 cm³/mol. The number of nitrogens with one attached hydrogen (secondary N) is 1. The first kappa shape index (κ1) is 14.9. The molecule has 23 heavy (non-hydrogen) atoms. The number of nitrogens with zero attached hydrogens (tertiary/aromatic N) is 1. The molecule has 112 valence electrons. The number of benzene rings is 2. The number of para-hydroxylation sites is 1. The number of anilines is 1. The van der Waals surface area contributed by atoms with Crippen molar-refractivity contribution in [3.63, 3.8) is 0 Å². The van der Waals surface area contributed by atoms with Crippen molar-refractivity contribution in [2.24, 2.45) is 0 Å². The normalized spacial score (nSPS) is 10.1. The van der Waals surface area contributed by atoms with Crippen molar-refractivity contribution in [3.8, 4) is 16.5 Å². The minimum atomic E-state index is -0.295. The van der Waals surface area contributed by atoms with Gasteiger partial charge in [-0.25, -0.2) is 4.39 Å². The van der Waals surface area contributed by atoms with E-state index in [2.05, 4.69) is 5.32 Å². The number of thiophene rings is 1. The van der Waals surface area contributed by atoms with Gasteiger partial charge in [-0.2, -0.15) is 5.26 Å². The van der Waals surface area contributed by atoms with Gasteiger partial charge in [-0.3, -0.25) is 4.79 Å². The number of carbonyl (C=O) groups is 1. The molecule has 0 fully saturated rings. The number of hydrogen-bond acceptors (Lipinski definition) is 3. The Morgan fingerprint density at radius 1 is 1.04 bits per heavy atom. The van der Waals surface area contributed by atoms with Crippen LogP contribution in [0.5, 0.6) is 0 Å². The first-order valence-corrected chi connectivity index (χ1v) is 7.65. The quantitative estimate of drug-likeness (QED) is 0.761. The van der Waals surface area contributed by atoms with Crippen LogP contribution in [0.1, 0.15) is 15.2 Å². The molecule has 0 bridgehead atoms. The molecule has 3 rings (SSSR count). The lowest BCUT2D eigenvalue weighted by Gasteiger charge is -2.05. The van der Waals surface area contributed by atoms with Gasteiger partial charge in [-0.1, -0.05) is 24.3 Å². The molecule has 0 spiro atoms. The molecule has 0 saturated carbocycles. The number of amides is 1. The molecule has 1 heterocycles. The fourth-order valence-electron chi connectivity index (χ4n) is 2.10. The van der Waals surface area contributed by atoms with Gasteiger partial charge in [0.05, 0.1) is 16.1 Å². The van der Waals surface area contributed by atoms with Crippen molar-refractivity contribution in [1.29, 1.82) is 5.26 Å². The molecule has 1 N–H and O–H groups in total. The highest BCUT2D eigenvalue weighted by molar-refractivity contribution is 7.17. The summed E-state index contributed by atoms with van der Waals surface area (Å²) in [5.41, 5.74) is 1.75. The van der Waals surface area contributed by atoms with E-state index in [9.17, 15) is 9.18 Å². The van der Waals surface area contributed by atoms with E-state index < -0.39 is 0 Å². The smallest absolute Gasteiger partial charge is 0.265 e. The van der Waals surface area contributed by atoms with Gasteiger partial charge in [0.2, 0.25) is 0 Å². The largest absolute Gasteiger partial charge is 0.320 e. The first-order chi connectivity index (χ1) is 11.2. The van der Waals surface area contributed by atoms with E-state index >= 15 is 0 Å². The molecule has 1 amide bonds.